The summed E-state index contributed by atoms with van der Waals surface area (Å²) in [4.78, 5) is 50.7. The third-order valence-electron chi connectivity index (χ3n) is 8.44. The molecule has 5 aromatic rings. The molecule has 1 heterocycles. The first-order valence-corrected chi connectivity index (χ1v) is 18.7. The lowest BCUT2D eigenvalue weighted by Gasteiger charge is -2.23. The van der Waals surface area contributed by atoms with Crippen molar-refractivity contribution in [3.8, 4) is 11.1 Å². The van der Waals surface area contributed by atoms with E-state index in [1.807, 2.05) is 84.9 Å². The maximum absolute atomic E-state index is 13.9. The van der Waals surface area contributed by atoms with Gasteiger partial charge in [0.05, 0.1) is 11.4 Å². The van der Waals surface area contributed by atoms with Crippen LogP contribution in [0.5, 0.6) is 0 Å². The third-order valence-corrected chi connectivity index (χ3v) is 10.4. The lowest BCUT2D eigenvalue weighted by molar-refractivity contribution is -0.142. The fourth-order valence-corrected chi connectivity index (χ4v) is 7.73. The van der Waals surface area contributed by atoms with Gasteiger partial charge in [0.15, 0.2) is 0 Å². The molecule has 3 N–H and O–H groups in total. The van der Waals surface area contributed by atoms with Crippen molar-refractivity contribution in [2.45, 2.75) is 51.7 Å². The maximum Gasteiger partial charge on any atom is 0.419 e. The molecule has 260 valence electrons. The first-order chi connectivity index (χ1) is 23.8. The Kier molecular flexibility index (Phi) is 11.4. The van der Waals surface area contributed by atoms with Crippen LogP contribution in [0.2, 0.25) is 0 Å². The van der Waals surface area contributed by atoms with Gasteiger partial charge in [-0.3, -0.25) is 13.9 Å². The molecule has 0 fully saturated rings. The molecule has 1 aromatic heterocycles. The van der Waals surface area contributed by atoms with Crippen LogP contribution in [0, 0.1) is 5.92 Å². The number of nitrogens with one attached hydrogen (secondary N) is 1. The average molecular weight is 695 g/mol. The minimum Gasteiger partial charge on any atom is -0.480 e. The van der Waals surface area contributed by atoms with Gasteiger partial charge in [0.1, 0.15) is 11.6 Å². The van der Waals surface area contributed by atoms with Gasteiger partial charge in [0.2, 0.25) is 13.3 Å². The standard InChI is InChI=1S/C40H43N2O7P/c1-40(2,3)49-39(46)42-26-32(34-16-10-11-17-36(34)42)25-35(38(44)45)41-37(43)33(27-50(47,48)23-22-28-12-6-4-7-13-28)24-29-18-20-31(21-19-29)30-14-8-5-9-15-30/h4-21,26,33,35H,22-25,27H2,1-3H3,(H,41,43)(H,44,45)(H,47,48)/t33-,35-/m0/s1. The Morgan fingerprint density at radius 2 is 1.40 bits per heavy atom. The monoisotopic (exact) mass is 694 g/mol. The van der Waals surface area contributed by atoms with E-state index >= 15 is 0 Å². The second kappa shape index (κ2) is 15.7. The van der Waals surface area contributed by atoms with Crippen molar-refractivity contribution in [2.75, 3.05) is 12.3 Å². The van der Waals surface area contributed by atoms with Gasteiger partial charge in [0.25, 0.3) is 0 Å². The molecule has 4 aromatic carbocycles. The van der Waals surface area contributed by atoms with E-state index in [9.17, 15) is 28.9 Å². The van der Waals surface area contributed by atoms with E-state index < -0.39 is 42.9 Å². The molecule has 0 saturated carbocycles. The van der Waals surface area contributed by atoms with E-state index in [-0.39, 0.29) is 25.2 Å². The van der Waals surface area contributed by atoms with Crippen LogP contribution in [0.1, 0.15) is 37.5 Å². The highest BCUT2D eigenvalue weighted by Gasteiger charge is 2.32. The number of carbonyl (C=O) groups excluding carboxylic acids is 2. The number of amides is 1. The number of carboxylic acid groups (broad SMARTS) is 1. The Labute approximate surface area is 292 Å². The zero-order valence-corrected chi connectivity index (χ0v) is 29.4. The van der Waals surface area contributed by atoms with Crippen LogP contribution in [0.15, 0.2) is 115 Å². The molecule has 10 heteroatoms. The summed E-state index contributed by atoms with van der Waals surface area (Å²) in [5.41, 5.74) is 4.04. The van der Waals surface area contributed by atoms with Crippen LogP contribution in [0.25, 0.3) is 22.0 Å². The summed E-state index contributed by atoms with van der Waals surface area (Å²) in [5.74, 6) is -2.88. The predicted molar refractivity (Wildman–Crippen MR) is 196 cm³/mol. The molecule has 0 radical (unpaired) electrons. The van der Waals surface area contributed by atoms with Crippen molar-refractivity contribution in [2.24, 2.45) is 5.92 Å². The number of aromatic nitrogens is 1. The fourth-order valence-electron chi connectivity index (χ4n) is 5.96. The molecule has 3 atom stereocenters. The lowest BCUT2D eigenvalue weighted by Crippen LogP contribution is -2.46. The molecule has 5 rings (SSSR count). The molecule has 9 nitrogen and oxygen atoms in total. The van der Waals surface area contributed by atoms with Gasteiger partial charge in [0, 0.05) is 30.3 Å². The zero-order chi connectivity index (χ0) is 35.9. The Balaban J connectivity index is 1.38. The number of rotatable bonds is 13. The molecule has 0 bridgehead atoms. The number of para-hydroxylation sites is 1. The highest BCUT2D eigenvalue weighted by atomic mass is 31.2. The predicted octanol–water partition coefficient (Wildman–Crippen LogP) is 7.58. The molecule has 0 spiro atoms. The van der Waals surface area contributed by atoms with Crippen molar-refractivity contribution in [3.05, 3.63) is 132 Å². The quantitative estimate of drug-likeness (QED) is 0.108. The first kappa shape index (κ1) is 36.3. The van der Waals surface area contributed by atoms with E-state index in [1.54, 1.807) is 45.0 Å². The van der Waals surface area contributed by atoms with Crippen LogP contribution >= 0.6 is 7.37 Å². The fraction of sp³-hybridized carbons (Fsp3) is 0.275. The molecule has 1 unspecified atom stereocenters. The summed E-state index contributed by atoms with van der Waals surface area (Å²) in [6, 6.07) is 32.6. The molecule has 50 heavy (non-hydrogen) atoms. The van der Waals surface area contributed by atoms with Gasteiger partial charge >= 0.3 is 12.1 Å². The van der Waals surface area contributed by atoms with Gasteiger partial charge < -0.3 is 20.1 Å². The number of carboxylic acids is 1. The maximum atomic E-state index is 13.9. The van der Waals surface area contributed by atoms with E-state index in [1.165, 1.54) is 10.8 Å². The van der Waals surface area contributed by atoms with Gasteiger partial charge in [-0.25, -0.2) is 9.59 Å². The first-order valence-electron chi connectivity index (χ1n) is 16.6. The SMILES string of the molecule is CC(C)(C)OC(=O)n1cc(C[C@H](NC(=O)[C@@H](Cc2ccc(-c3ccccc3)cc2)CP(=O)(O)CCc2ccccc2)C(=O)O)c2ccccc21. The summed E-state index contributed by atoms with van der Waals surface area (Å²) < 4.78 is 20.5. The Hall–Kier alpha value is -4.98. The number of fused-ring (bicyclic) bond motifs is 1. The van der Waals surface area contributed by atoms with Gasteiger partial charge in [-0.2, -0.15) is 0 Å². The number of ether oxygens (including phenoxy) is 1. The van der Waals surface area contributed by atoms with Gasteiger partial charge in [-0.05, 0) is 67.5 Å². The Morgan fingerprint density at radius 1 is 0.800 bits per heavy atom. The summed E-state index contributed by atoms with van der Waals surface area (Å²) in [7, 11) is -3.82. The second-order valence-electron chi connectivity index (χ2n) is 13.6. The summed E-state index contributed by atoms with van der Waals surface area (Å²) >= 11 is 0. The van der Waals surface area contributed by atoms with Crippen molar-refractivity contribution in [1.29, 1.82) is 0 Å². The van der Waals surface area contributed by atoms with E-state index in [2.05, 4.69) is 5.32 Å². The van der Waals surface area contributed by atoms with E-state index in [0.717, 1.165) is 22.3 Å². The normalized spacial score (nSPS) is 14.0. The van der Waals surface area contributed by atoms with E-state index in [0.29, 0.717) is 22.9 Å². The largest absolute Gasteiger partial charge is 0.480 e. The Bertz CT molecular complexity index is 1980. The van der Waals surface area contributed by atoms with Gasteiger partial charge in [-0.1, -0.05) is 103 Å². The molecular formula is C40H43N2O7P. The summed E-state index contributed by atoms with van der Waals surface area (Å²) in [6.07, 6.45) is 0.994. The number of benzene rings is 4. The topological polar surface area (TPSA) is 135 Å². The summed E-state index contributed by atoms with van der Waals surface area (Å²) in [6.45, 7) is 5.28. The van der Waals surface area contributed by atoms with Crippen LogP contribution < -0.4 is 5.32 Å². The van der Waals surface area contributed by atoms with Crippen molar-refractivity contribution in [1.82, 2.24) is 9.88 Å². The molecule has 1 amide bonds. The van der Waals surface area contributed by atoms with Crippen LogP contribution in [-0.2, 0) is 38.2 Å². The number of hydrogen-bond acceptors (Lipinski definition) is 5. The number of carbonyl (C=O) groups is 3. The van der Waals surface area contributed by atoms with E-state index in [4.69, 9.17) is 4.74 Å². The Morgan fingerprint density at radius 3 is 2.04 bits per heavy atom. The highest BCUT2D eigenvalue weighted by Crippen LogP contribution is 2.44. The molecule has 0 saturated heterocycles. The number of aryl methyl sites for hydroxylation is 1. The minimum absolute atomic E-state index is 0.0136. The molecule has 0 aliphatic carbocycles. The molecule has 0 aliphatic heterocycles. The lowest BCUT2D eigenvalue weighted by atomic mass is 9.96. The third kappa shape index (κ3) is 9.80. The molecular weight excluding hydrogens is 651 g/mol. The van der Waals surface area contributed by atoms with Crippen molar-refractivity contribution >= 4 is 36.2 Å². The average Bonchev–Trinajstić information content (AvgIpc) is 3.45. The highest BCUT2D eigenvalue weighted by molar-refractivity contribution is 7.58. The number of hydrogen-bond donors (Lipinski definition) is 3. The van der Waals surface area contributed by atoms with Gasteiger partial charge in [-0.15, -0.1) is 0 Å². The molecule has 0 aliphatic rings. The zero-order valence-electron chi connectivity index (χ0n) is 28.5. The number of aliphatic carboxylic acids is 1. The van der Waals surface area contributed by atoms with Crippen molar-refractivity contribution < 1.29 is 33.7 Å². The number of nitrogens with zero attached hydrogens (tertiary/aromatic N) is 1. The van der Waals surface area contributed by atoms with Crippen LogP contribution in [-0.4, -0.2) is 56.5 Å². The van der Waals surface area contributed by atoms with Crippen molar-refractivity contribution in [3.63, 3.8) is 0 Å². The van der Waals surface area contributed by atoms with Crippen LogP contribution in [0.3, 0.4) is 0 Å². The minimum atomic E-state index is -3.82. The summed E-state index contributed by atoms with van der Waals surface area (Å²) in [5, 5.41) is 13.6. The van der Waals surface area contributed by atoms with Crippen LogP contribution in [0.4, 0.5) is 4.79 Å². The smallest absolute Gasteiger partial charge is 0.419 e. The second-order valence-corrected chi connectivity index (χ2v) is 16.1.